The van der Waals surface area contributed by atoms with Crippen molar-refractivity contribution in [3.63, 3.8) is 0 Å². The number of rotatable bonds is 6. The lowest BCUT2D eigenvalue weighted by Crippen LogP contribution is -2.07. The van der Waals surface area contributed by atoms with Crippen LogP contribution >= 0.6 is 0 Å². The summed E-state index contributed by atoms with van der Waals surface area (Å²) in [7, 11) is 0. The molecule has 0 radical (unpaired) electrons. The quantitative estimate of drug-likeness (QED) is 0.440. The summed E-state index contributed by atoms with van der Waals surface area (Å²) in [5.74, 6) is 1.54. The van der Waals surface area contributed by atoms with E-state index >= 15 is 0 Å². The van der Waals surface area contributed by atoms with Gasteiger partial charge in [-0.25, -0.2) is 4.98 Å². The summed E-state index contributed by atoms with van der Waals surface area (Å²) in [4.78, 5) is 4.88. The van der Waals surface area contributed by atoms with Crippen molar-refractivity contribution in [2.45, 2.75) is 40.2 Å². The number of H-pyrrole nitrogens is 1. The fraction of sp³-hybridized carbons (Fsp3) is 0.250. The van der Waals surface area contributed by atoms with E-state index in [1.807, 2.05) is 18.2 Å². The van der Waals surface area contributed by atoms with E-state index in [0.717, 1.165) is 57.8 Å². The average molecular weight is 425 g/mol. The third-order valence-corrected chi connectivity index (χ3v) is 5.82. The van der Waals surface area contributed by atoms with E-state index in [1.165, 1.54) is 5.56 Å². The van der Waals surface area contributed by atoms with Crippen molar-refractivity contribution in [1.82, 2.24) is 40.4 Å². The van der Waals surface area contributed by atoms with Gasteiger partial charge in [-0.2, -0.15) is 15.4 Å². The highest BCUT2D eigenvalue weighted by molar-refractivity contribution is 5.83. The minimum atomic E-state index is 0.579. The first kappa shape index (κ1) is 20.0. The van der Waals surface area contributed by atoms with Crippen LogP contribution in [0.15, 0.2) is 48.5 Å². The molecule has 0 aliphatic heterocycles. The highest BCUT2D eigenvalue weighted by Gasteiger charge is 2.19. The van der Waals surface area contributed by atoms with Crippen LogP contribution in [0.4, 0.5) is 0 Å². The molecule has 2 aromatic carbocycles. The molecule has 0 aliphatic rings. The highest BCUT2D eigenvalue weighted by atomic mass is 15.5. The molecule has 0 amide bonds. The number of tetrazole rings is 1. The van der Waals surface area contributed by atoms with Crippen molar-refractivity contribution in [1.29, 1.82) is 0 Å². The normalized spacial score (nSPS) is 11.3. The second-order valence-corrected chi connectivity index (χ2v) is 7.68. The fourth-order valence-corrected chi connectivity index (χ4v) is 4.22. The topological polar surface area (TPSA) is 98.1 Å². The Morgan fingerprint density at radius 1 is 0.812 bits per heavy atom. The molecule has 3 aromatic heterocycles. The van der Waals surface area contributed by atoms with Gasteiger partial charge in [0.05, 0.1) is 23.4 Å². The lowest BCUT2D eigenvalue weighted by Gasteiger charge is -2.15. The summed E-state index contributed by atoms with van der Waals surface area (Å²) in [5.41, 5.74) is 8.27. The predicted molar refractivity (Wildman–Crippen MR) is 123 cm³/mol. The lowest BCUT2D eigenvalue weighted by atomic mass is 9.95. The molecular weight excluding hydrogens is 400 g/mol. The van der Waals surface area contributed by atoms with Gasteiger partial charge in [-0.15, -0.1) is 10.2 Å². The largest absolute Gasteiger partial charge is 0.322 e. The summed E-state index contributed by atoms with van der Waals surface area (Å²) in [5, 5.41) is 23.6. The van der Waals surface area contributed by atoms with Crippen LogP contribution in [-0.4, -0.2) is 40.4 Å². The van der Waals surface area contributed by atoms with E-state index in [4.69, 9.17) is 4.98 Å². The monoisotopic (exact) mass is 424 g/mol. The number of aromatic nitrogens is 8. The molecular formula is C24H24N8. The molecule has 0 fully saturated rings. The van der Waals surface area contributed by atoms with Crippen molar-refractivity contribution in [3.8, 4) is 22.5 Å². The maximum atomic E-state index is 4.88. The Labute approximate surface area is 185 Å². The Balaban J connectivity index is 1.67. The van der Waals surface area contributed by atoms with E-state index in [-0.39, 0.29) is 0 Å². The van der Waals surface area contributed by atoms with E-state index in [9.17, 15) is 0 Å². The van der Waals surface area contributed by atoms with Gasteiger partial charge in [0.1, 0.15) is 11.3 Å². The third kappa shape index (κ3) is 3.33. The van der Waals surface area contributed by atoms with Crippen LogP contribution in [0.5, 0.6) is 0 Å². The molecule has 5 aromatic rings. The molecule has 0 bridgehead atoms. The Bertz CT molecular complexity index is 1380. The number of nitrogens with zero attached hydrogens (tertiary/aromatic N) is 7. The molecule has 5 rings (SSSR count). The number of hydrogen-bond acceptors (Lipinski definition) is 6. The molecule has 0 saturated carbocycles. The van der Waals surface area contributed by atoms with Gasteiger partial charge in [-0.3, -0.25) is 0 Å². The molecule has 0 unspecified atom stereocenters. The maximum Gasteiger partial charge on any atom is 0.205 e. The third-order valence-electron chi connectivity index (χ3n) is 5.82. The van der Waals surface area contributed by atoms with Crippen molar-refractivity contribution in [2.24, 2.45) is 0 Å². The smallest absolute Gasteiger partial charge is 0.205 e. The Morgan fingerprint density at radius 3 is 2.22 bits per heavy atom. The van der Waals surface area contributed by atoms with Crippen LogP contribution in [0, 0.1) is 6.92 Å². The van der Waals surface area contributed by atoms with Crippen LogP contribution in [0.2, 0.25) is 0 Å². The molecule has 0 saturated heterocycles. The molecule has 1 N–H and O–H groups in total. The van der Waals surface area contributed by atoms with Gasteiger partial charge in [0, 0.05) is 5.56 Å². The van der Waals surface area contributed by atoms with Gasteiger partial charge >= 0.3 is 0 Å². The Morgan fingerprint density at radius 2 is 1.50 bits per heavy atom. The van der Waals surface area contributed by atoms with Gasteiger partial charge in [0.25, 0.3) is 0 Å². The summed E-state index contributed by atoms with van der Waals surface area (Å²) >= 11 is 0. The summed E-state index contributed by atoms with van der Waals surface area (Å²) in [6.07, 6.45) is 1.61. The van der Waals surface area contributed by atoms with E-state index in [0.29, 0.717) is 12.4 Å². The molecule has 8 heteroatoms. The van der Waals surface area contributed by atoms with E-state index in [2.05, 4.69) is 86.5 Å². The predicted octanol–water partition coefficient (Wildman–Crippen LogP) is 4.15. The van der Waals surface area contributed by atoms with Crippen molar-refractivity contribution in [3.05, 3.63) is 71.3 Å². The molecule has 160 valence electrons. The first-order valence-electron chi connectivity index (χ1n) is 10.8. The van der Waals surface area contributed by atoms with Gasteiger partial charge in [0.15, 0.2) is 0 Å². The van der Waals surface area contributed by atoms with Gasteiger partial charge in [0.2, 0.25) is 5.82 Å². The van der Waals surface area contributed by atoms with Gasteiger partial charge in [-0.05, 0) is 41.7 Å². The number of aryl methyl sites for hydroxylation is 3. The van der Waals surface area contributed by atoms with Gasteiger partial charge < -0.3 is 4.57 Å². The van der Waals surface area contributed by atoms with Crippen LogP contribution in [0.1, 0.15) is 36.6 Å². The van der Waals surface area contributed by atoms with Crippen LogP contribution < -0.4 is 0 Å². The number of imidazole rings is 1. The average Bonchev–Trinajstić information content (AvgIpc) is 3.48. The number of fused-ring (bicyclic) bond motifs is 1. The molecule has 0 aliphatic carbocycles. The molecule has 0 spiro atoms. The van der Waals surface area contributed by atoms with Crippen molar-refractivity contribution < 1.29 is 0 Å². The zero-order valence-electron chi connectivity index (χ0n) is 18.4. The fourth-order valence-electron chi connectivity index (χ4n) is 4.22. The number of aromatic amines is 1. The summed E-state index contributed by atoms with van der Waals surface area (Å²) < 4.78 is 2.26. The zero-order chi connectivity index (χ0) is 22.1. The number of hydrogen-bond donors (Lipinski definition) is 1. The molecule has 8 nitrogen and oxygen atoms in total. The van der Waals surface area contributed by atoms with E-state index in [1.54, 1.807) is 0 Å². The minimum absolute atomic E-state index is 0.579. The minimum Gasteiger partial charge on any atom is -0.322 e. The first-order chi connectivity index (χ1) is 15.7. The first-order valence-corrected chi connectivity index (χ1v) is 10.8. The Kier molecular flexibility index (Phi) is 5.18. The van der Waals surface area contributed by atoms with Crippen molar-refractivity contribution >= 4 is 11.0 Å². The molecule has 0 atom stereocenters. The number of benzene rings is 2. The second kappa shape index (κ2) is 8.30. The summed E-state index contributed by atoms with van der Waals surface area (Å²) in [6.45, 7) is 6.93. The Hall–Kier alpha value is -3.94. The molecule has 3 heterocycles. The van der Waals surface area contributed by atoms with Crippen molar-refractivity contribution in [2.75, 3.05) is 0 Å². The molecule has 32 heavy (non-hydrogen) atoms. The highest BCUT2D eigenvalue weighted by Crippen LogP contribution is 2.33. The van der Waals surface area contributed by atoms with E-state index < -0.39 is 0 Å². The summed E-state index contributed by atoms with van der Waals surface area (Å²) in [6, 6.07) is 16.6. The maximum absolute atomic E-state index is 4.88. The standard InChI is InChI=1S/C24H24N8/c1-4-20-22-23(21(5-2)27-26-20)32(15(3)25-22)14-16-10-6-7-11-17(16)18-12-8-9-13-19(18)24-28-30-31-29-24/h6-13H,4-5,14H2,1-3H3,(H,28,29,30,31). The van der Waals surface area contributed by atoms with Gasteiger partial charge in [-0.1, -0.05) is 62.4 Å². The van der Waals surface area contributed by atoms with Crippen LogP contribution in [0.25, 0.3) is 33.5 Å². The lowest BCUT2D eigenvalue weighted by molar-refractivity contribution is 0.776. The number of nitrogens with one attached hydrogen (secondary N) is 1. The zero-order valence-corrected chi connectivity index (χ0v) is 18.4. The second-order valence-electron chi connectivity index (χ2n) is 7.68. The van der Waals surface area contributed by atoms with Crippen LogP contribution in [-0.2, 0) is 19.4 Å². The van der Waals surface area contributed by atoms with Crippen LogP contribution in [0.3, 0.4) is 0 Å². The SMILES string of the molecule is CCc1nnc(CC)c2c1nc(C)n2Cc1ccccc1-c1ccccc1-c1nn[nH]n1.